The van der Waals surface area contributed by atoms with Crippen molar-refractivity contribution in [3.05, 3.63) is 35.8 Å². The Morgan fingerprint density at radius 3 is 2.58 bits per heavy atom. The second kappa shape index (κ2) is 9.65. The van der Waals surface area contributed by atoms with Crippen molar-refractivity contribution in [2.45, 2.75) is 19.4 Å². The molecular formula is C23H33N5O3. The van der Waals surface area contributed by atoms with Gasteiger partial charge in [0, 0.05) is 52.0 Å². The Morgan fingerprint density at radius 1 is 1.00 bits per heavy atom. The molecule has 0 radical (unpaired) electrons. The molecule has 168 valence electrons. The standard InChI is InChI=1S/C23H33N5O3/c29-23(27-10-14-31-15-11-27)22-20(28-7-2-1-5-21(28)24-22)18-26-6-3-4-19(17-26)16-25-8-12-30-13-9-25/h1-2,5,7,19H,3-4,6,8-18H2/t19-/m0/s1. The van der Waals surface area contributed by atoms with Gasteiger partial charge < -0.3 is 18.8 Å². The Balaban J connectivity index is 1.33. The van der Waals surface area contributed by atoms with Crippen LogP contribution in [-0.2, 0) is 16.0 Å². The molecule has 8 heteroatoms. The number of imidazole rings is 1. The quantitative estimate of drug-likeness (QED) is 0.718. The van der Waals surface area contributed by atoms with Crippen LogP contribution in [0.4, 0.5) is 0 Å². The summed E-state index contributed by atoms with van der Waals surface area (Å²) in [5.74, 6) is 0.702. The summed E-state index contributed by atoms with van der Waals surface area (Å²) in [5.41, 5.74) is 2.46. The van der Waals surface area contributed by atoms with Crippen LogP contribution < -0.4 is 0 Å². The molecule has 1 atom stereocenters. The third-order valence-corrected chi connectivity index (χ3v) is 6.73. The number of morpholine rings is 2. The van der Waals surface area contributed by atoms with Crippen LogP contribution in [0.3, 0.4) is 0 Å². The molecule has 3 saturated heterocycles. The number of aromatic nitrogens is 2. The van der Waals surface area contributed by atoms with E-state index in [1.54, 1.807) is 0 Å². The molecule has 0 unspecified atom stereocenters. The van der Waals surface area contributed by atoms with E-state index < -0.39 is 0 Å². The van der Waals surface area contributed by atoms with Crippen LogP contribution in [0.25, 0.3) is 5.65 Å². The van der Waals surface area contributed by atoms with Crippen LogP contribution >= 0.6 is 0 Å². The van der Waals surface area contributed by atoms with Gasteiger partial charge in [0.2, 0.25) is 0 Å². The predicted octanol–water partition coefficient (Wildman–Crippen LogP) is 1.35. The van der Waals surface area contributed by atoms with Gasteiger partial charge in [-0.05, 0) is 37.4 Å². The molecule has 5 heterocycles. The zero-order valence-corrected chi connectivity index (χ0v) is 18.2. The van der Waals surface area contributed by atoms with Crippen LogP contribution in [-0.4, -0.2) is 102 Å². The third kappa shape index (κ3) is 4.77. The van der Waals surface area contributed by atoms with Gasteiger partial charge in [0.15, 0.2) is 5.69 Å². The molecule has 0 N–H and O–H groups in total. The molecule has 0 aliphatic carbocycles. The number of carbonyl (C=O) groups excluding carboxylic acids is 1. The Morgan fingerprint density at radius 2 is 1.77 bits per heavy atom. The summed E-state index contributed by atoms with van der Waals surface area (Å²) >= 11 is 0. The van der Waals surface area contributed by atoms with Crippen LogP contribution in [0.5, 0.6) is 0 Å². The van der Waals surface area contributed by atoms with E-state index in [1.165, 1.54) is 12.8 Å². The van der Waals surface area contributed by atoms with Crippen molar-refractivity contribution in [1.82, 2.24) is 24.1 Å². The van der Waals surface area contributed by atoms with Gasteiger partial charge in [-0.2, -0.15) is 0 Å². The first kappa shape index (κ1) is 20.9. The van der Waals surface area contributed by atoms with E-state index in [9.17, 15) is 4.79 Å². The molecule has 0 aromatic carbocycles. The second-order valence-corrected chi connectivity index (χ2v) is 8.90. The lowest BCUT2D eigenvalue weighted by Gasteiger charge is -2.36. The molecule has 0 saturated carbocycles. The minimum absolute atomic E-state index is 0.0314. The Bertz CT molecular complexity index is 888. The minimum atomic E-state index is 0.0314. The van der Waals surface area contributed by atoms with Gasteiger partial charge >= 0.3 is 0 Å². The lowest BCUT2D eigenvalue weighted by atomic mass is 9.97. The first-order valence-corrected chi connectivity index (χ1v) is 11.6. The highest BCUT2D eigenvalue weighted by atomic mass is 16.5. The van der Waals surface area contributed by atoms with E-state index in [-0.39, 0.29) is 5.91 Å². The SMILES string of the molecule is O=C(c1nc2ccccn2c1CN1CCC[C@@H](CN2CCOCC2)C1)N1CCOCC1. The minimum Gasteiger partial charge on any atom is -0.379 e. The average molecular weight is 428 g/mol. The van der Waals surface area contributed by atoms with Gasteiger partial charge in [0.05, 0.1) is 32.1 Å². The summed E-state index contributed by atoms with van der Waals surface area (Å²) < 4.78 is 13.0. The first-order chi connectivity index (χ1) is 15.3. The molecule has 2 aromatic heterocycles. The van der Waals surface area contributed by atoms with Crippen molar-refractivity contribution in [3.63, 3.8) is 0 Å². The number of carbonyl (C=O) groups is 1. The van der Waals surface area contributed by atoms with Gasteiger partial charge in [-0.3, -0.25) is 14.6 Å². The number of nitrogens with zero attached hydrogens (tertiary/aromatic N) is 5. The van der Waals surface area contributed by atoms with Crippen molar-refractivity contribution in [2.75, 3.05) is 72.2 Å². The van der Waals surface area contributed by atoms with Gasteiger partial charge in [0.25, 0.3) is 5.91 Å². The summed E-state index contributed by atoms with van der Waals surface area (Å²) in [5, 5.41) is 0. The number of amides is 1. The molecule has 8 nitrogen and oxygen atoms in total. The van der Waals surface area contributed by atoms with Crippen molar-refractivity contribution < 1.29 is 14.3 Å². The molecule has 0 bridgehead atoms. The normalized spacial score (nSPS) is 24.0. The Kier molecular flexibility index (Phi) is 6.50. The zero-order valence-electron chi connectivity index (χ0n) is 18.2. The molecule has 0 spiro atoms. The lowest BCUT2D eigenvalue weighted by molar-refractivity contribution is 0.0222. The highest BCUT2D eigenvalue weighted by Crippen LogP contribution is 2.23. The van der Waals surface area contributed by atoms with Crippen LogP contribution in [0.1, 0.15) is 29.0 Å². The fourth-order valence-electron chi connectivity index (χ4n) is 5.09. The predicted molar refractivity (Wildman–Crippen MR) is 117 cm³/mol. The first-order valence-electron chi connectivity index (χ1n) is 11.6. The maximum Gasteiger partial charge on any atom is 0.274 e. The molecule has 2 aromatic rings. The summed E-state index contributed by atoms with van der Waals surface area (Å²) in [6.45, 7) is 10.3. The van der Waals surface area contributed by atoms with E-state index >= 15 is 0 Å². The molecule has 3 fully saturated rings. The number of pyridine rings is 1. The summed E-state index contributed by atoms with van der Waals surface area (Å²) in [6, 6.07) is 5.98. The highest BCUT2D eigenvalue weighted by Gasteiger charge is 2.28. The fourth-order valence-corrected chi connectivity index (χ4v) is 5.09. The number of rotatable bonds is 5. The van der Waals surface area contributed by atoms with Crippen LogP contribution in [0.2, 0.25) is 0 Å². The molecule has 5 rings (SSSR count). The third-order valence-electron chi connectivity index (χ3n) is 6.73. The monoisotopic (exact) mass is 427 g/mol. The van der Waals surface area contributed by atoms with E-state index in [4.69, 9.17) is 14.5 Å². The number of hydrogen-bond acceptors (Lipinski definition) is 6. The summed E-state index contributed by atoms with van der Waals surface area (Å²) in [4.78, 5) is 25.0. The van der Waals surface area contributed by atoms with Crippen molar-refractivity contribution >= 4 is 11.6 Å². The number of ether oxygens (including phenoxy) is 2. The van der Waals surface area contributed by atoms with Crippen LogP contribution in [0, 0.1) is 5.92 Å². The van der Waals surface area contributed by atoms with E-state index in [1.807, 2.05) is 29.3 Å². The number of fused-ring (bicyclic) bond motifs is 1. The summed E-state index contributed by atoms with van der Waals surface area (Å²) in [7, 11) is 0. The number of hydrogen-bond donors (Lipinski definition) is 0. The Hall–Kier alpha value is -2.00. The van der Waals surface area contributed by atoms with E-state index in [0.717, 1.165) is 63.8 Å². The highest BCUT2D eigenvalue weighted by molar-refractivity contribution is 5.94. The van der Waals surface area contributed by atoms with Gasteiger partial charge in [-0.25, -0.2) is 4.98 Å². The second-order valence-electron chi connectivity index (χ2n) is 8.90. The number of piperidine rings is 1. The molecule has 3 aliphatic rings. The molecular weight excluding hydrogens is 394 g/mol. The molecule has 31 heavy (non-hydrogen) atoms. The number of likely N-dealkylation sites (tertiary alicyclic amines) is 1. The average Bonchev–Trinajstić information content (AvgIpc) is 3.18. The largest absolute Gasteiger partial charge is 0.379 e. The van der Waals surface area contributed by atoms with Gasteiger partial charge in [-0.1, -0.05) is 6.07 Å². The Labute approximate surface area is 183 Å². The van der Waals surface area contributed by atoms with E-state index in [2.05, 4.69) is 14.2 Å². The smallest absolute Gasteiger partial charge is 0.274 e. The van der Waals surface area contributed by atoms with Crippen molar-refractivity contribution in [1.29, 1.82) is 0 Å². The molecule has 1 amide bonds. The zero-order chi connectivity index (χ0) is 21.0. The van der Waals surface area contributed by atoms with Crippen LogP contribution in [0.15, 0.2) is 24.4 Å². The van der Waals surface area contributed by atoms with Crippen molar-refractivity contribution in [3.8, 4) is 0 Å². The summed E-state index contributed by atoms with van der Waals surface area (Å²) in [6.07, 6.45) is 4.52. The van der Waals surface area contributed by atoms with Crippen molar-refractivity contribution in [2.24, 2.45) is 5.92 Å². The fraction of sp³-hybridized carbons (Fsp3) is 0.652. The van der Waals surface area contributed by atoms with Gasteiger partial charge in [-0.15, -0.1) is 0 Å². The maximum absolute atomic E-state index is 13.3. The molecule has 3 aliphatic heterocycles. The maximum atomic E-state index is 13.3. The van der Waals surface area contributed by atoms with Gasteiger partial charge in [0.1, 0.15) is 5.65 Å². The van der Waals surface area contributed by atoms with E-state index in [0.29, 0.717) is 37.9 Å². The topological polar surface area (TPSA) is 62.6 Å². The lowest BCUT2D eigenvalue weighted by Crippen LogP contribution is -2.44.